The normalized spacial score (nSPS) is 14.8. The van der Waals surface area contributed by atoms with Gasteiger partial charge in [0, 0.05) is 11.5 Å². The third kappa shape index (κ3) is 3.59. The van der Waals surface area contributed by atoms with Crippen LogP contribution in [0.15, 0.2) is 60.9 Å². The zero-order chi connectivity index (χ0) is 20.3. The lowest BCUT2D eigenvalue weighted by atomic mass is 9.97. The Morgan fingerprint density at radius 3 is 2.73 bits per heavy atom. The molecule has 30 heavy (non-hydrogen) atoms. The number of hydrogen-bond donors (Lipinski definition) is 2. The van der Waals surface area contributed by atoms with Crippen LogP contribution in [0.2, 0.25) is 0 Å². The highest BCUT2D eigenvalue weighted by Crippen LogP contribution is 2.34. The second kappa shape index (κ2) is 8.12. The van der Waals surface area contributed by atoms with E-state index in [9.17, 15) is 0 Å². The lowest BCUT2D eigenvalue weighted by Gasteiger charge is -2.21. The summed E-state index contributed by atoms with van der Waals surface area (Å²) in [5.41, 5.74) is 9.88. The van der Waals surface area contributed by atoms with Crippen molar-refractivity contribution in [2.75, 3.05) is 18.8 Å². The highest BCUT2D eigenvalue weighted by atomic mass is 16.5. The predicted octanol–water partition coefficient (Wildman–Crippen LogP) is 3.42. The van der Waals surface area contributed by atoms with Crippen molar-refractivity contribution in [2.45, 2.75) is 25.4 Å². The van der Waals surface area contributed by atoms with Gasteiger partial charge < -0.3 is 15.8 Å². The van der Waals surface area contributed by atoms with Crippen LogP contribution in [0.25, 0.3) is 16.8 Å². The summed E-state index contributed by atoms with van der Waals surface area (Å²) in [7, 11) is 0. The maximum absolute atomic E-state index is 6.25. The number of piperidine rings is 1. The molecule has 1 aliphatic rings. The van der Waals surface area contributed by atoms with Gasteiger partial charge in [-0.15, -0.1) is 0 Å². The van der Waals surface area contributed by atoms with Crippen LogP contribution in [0.1, 0.15) is 30.1 Å². The number of nitrogens with one attached hydrogen (secondary N) is 1. The molecule has 0 radical (unpaired) electrons. The Morgan fingerprint density at radius 2 is 1.90 bits per heavy atom. The smallest absolute Gasteiger partial charge is 0.153 e. The Kier molecular flexibility index (Phi) is 5.03. The number of nitrogens with zero attached hydrogens (tertiary/aromatic N) is 4. The van der Waals surface area contributed by atoms with Crippen LogP contribution in [0.4, 0.5) is 5.82 Å². The highest BCUT2D eigenvalue weighted by Gasteiger charge is 2.24. The fourth-order valence-corrected chi connectivity index (χ4v) is 4.00. The molecular weight excluding hydrogens is 376 g/mol. The fourth-order valence-electron chi connectivity index (χ4n) is 4.00. The van der Waals surface area contributed by atoms with Gasteiger partial charge in [-0.3, -0.25) is 0 Å². The lowest BCUT2D eigenvalue weighted by Crippen LogP contribution is -2.27. The van der Waals surface area contributed by atoms with Crippen molar-refractivity contribution < 1.29 is 4.74 Å². The molecule has 1 saturated heterocycles. The van der Waals surface area contributed by atoms with Crippen molar-refractivity contribution in [2.24, 2.45) is 0 Å². The summed E-state index contributed by atoms with van der Waals surface area (Å²) >= 11 is 0. The average molecular weight is 400 g/mol. The van der Waals surface area contributed by atoms with Crippen molar-refractivity contribution in [1.29, 1.82) is 0 Å². The predicted molar refractivity (Wildman–Crippen MR) is 116 cm³/mol. The Morgan fingerprint density at radius 1 is 1.07 bits per heavy atom. The number of aromatic nitrogens is 4. The SMILES string of the molecule is Nc1ncnn2c(C3CCNCC3)nc(-c3cccc(OCc4ccccc4)c3)c12. The van der Waals surface area contributed by atoms with Gasteiger partial charge in [0.15, 0.2) is 5.82 Å². The van der Waals surface area contributed by atoms with E-state index >= 15 is 0 Å². The molecule has 0 saturated carbocycles. The van der Waals surface area contributed by atoms with Crippen molar-refractivity contribution in [3.05, 3.63) is 72.3 Å². The van der Waals surface area contributed by atoms with Crippen molar-refractivity contribution >= 4 is 11.3 Å². The number of hydrogen-bond acceptors (Lipinski definition) is 6. The first-order valence-corrected chi connectivity index (χ1v) is 10.3. The number of nitrogen functional groups attached to an aromatic ring is 1. The van der Waals surface area contributed by atoms with Crippen LogP contribution in [-0.4, -0.2) is 32.7 Å². The molecule has 3 N–H and O–H groups in total. The van der Waals surface area contributed by atoms with E-state index in [2.05, 4.69) is 27.5 Å². The molecule has 0 amide bonds. The third-order valence-electron chi connectivity index (χ3n) is 5.55. The molecule has 7 heteroatoms. The minimum Gasteiger partial charge on any atom is -0.489 e. The van der Waals surface area contributed by atoms with Gasteiger partial charge in [0.1, 0.15) is 35.7 Å². The molecule has 152 valence electrons. The molecule has 0 unspecified atom stereocenters. The fraction of sp³-hybridized carbons (Fsp3) is 0.261. The standard InChI is InChI=1S/C23H24N6O/c24-22-21-20(28-23(29(21)27-15-26-22)17-9-11-25-12-10-17)18-7-4-8-19(13-18)30-14-16-5-2-1-3-6-16/h1-8,13,15,17,25H,9-12,14H2,(H2,24,26,27). The Bertz CT molecular complexity index is 1150. The number of rotatable bonds is 5. The second-order valence-electron chi connectivity index (χ2n) is 7.55. The van der Waals surface area contributed by atoms with Gasteiger partial charge in [0.25, 0.3) is 0 Å². The van der Waals surface area contributed by atoms with E-state index in [1.165, 1.54) is 6.33 Å². The van der Waals surface area contributed by atoms with Crippen LogP contribution in [0.5, 0.6) is 5.75 Å². The summed E-state index contributed by atoms with van der Waals surface area (Å²) in [5, 5.41) is 7.88. The quantitative estimate of drug-likeness (QED) is 0.533. The number of imidazole rings is 1. The van der Waals surface area contributed by atoms with Gasteiger partial charge in [-0.25, -0.2) is 14.5 Å². The first kappa shape index (κ1) is 18.6. The highest BCUT2D eigenvalue weighted by molar-refractivity contribution is 5.85. The number of anilines is 1. The van der Waals surface area contributed by atoms with Gasteiger partial charge in [0.2, 0.25) is 0 Å². The van der Waals surface area contributed by atoms with Gasteiger partial charge >= 0.3 is 0 Å². The summed E-state index contributed by atoms with van der Waals surface area (Å²) in [4.78, 5) is 9.21. The number of benzene rings is 2. The van der Waals surface area contributed by atoms with Crippen molar-refractivity contribution in [3.8, 4) is 17.0 Å². The molecule has 1 aliphatic heterocycles. The summed E-state index contributed by atoms with van der Waals surface area (Å²) in [6.07, 6.45) is 3.56. The van der Waals surface area contributed by atoms with Crippen LogP contribution in [0, 0.1) is 0 Å². The minimum atomic E-state index is 0.347. The third-order valence-corrected chi connectivity index (χ3v) is 5.55. The maximum Gasteiger partial charge on any atom is 0.153 e. The van der Waals surface area contributed by atoms with Crippen LogP contribution in [-0.2, 0) is 6.61 Å². The molecule has 2 aromatic heterocycles. The van der Waals surface area contributed by atoms with Crippen molar-refractivity contribution in [3.63, 3.8) is 0 Å². The summed E-state index contributed by atoms with van der Waals surface area (Å²) in [5.74, 6) is 2.52. The molecule has 7 nitrogen and oxygen atoms in total. The summed E-state index contributed by atoms with van der Waals surface area (Å²) in [6.45, 7) is 2.48. The first-order valence-electron chi connectivity index (χ1n) is 10.3. The molecule has 5 rings (SSSR count). The van der Waals surface area contributed by atoms with Gasteiger partial charge in [-0.1, -0.05) is 42.5 Å². The van der Waals surface area contributed by atoms with Crippen LogP contribution in [0.3, 0.4) is 0 Å². The number of nitrogens with two attached hydrogens (primary N) is 1. The topological polar surface area (TPSA) is 90.4 Å². The molecule has 3 heterocycles. The Balaban J connectivity index is 1.51. The monoisotopic (exact) mass is 400 g/mol. The number of ether oxygens (including phenoxy) is 1. The summed E-state index contributed by atoms with van der Waals surface area (Å²) in [6, 6.07) is 18.1. The summed E-state index contributed by atoms with van der Waals surface area (Å²) < 4.78 is 7.88. The Hall–Kier alpha value is -3.45. The van der Waals surface area contributed by atoms with Crippen molar-refractivity contribution in [1.82, 2.24) is 24.9 Å². The molecule has 0 aliphatic carbocycles. The molecule has 4 aromatic rings. The molecule has 0 spiro atoms. The molecule has 2 aromatic carbocycles. The van der Waals surface area contributed by atoms with Gasteiger partial charge in [0.05, 0.1) is 0 Å². The second-order valence-corrected chi connectivity index (χ2v) is 7.55. The van der Waals surface area contributed by atoms with E-state index in [1.54, 1.807) is 0 Å². The van der Waals surface area contributed by atoms with Gasteiger partial charge in [-0.2, -0.15) is 5.10 Å². The zero-order valence-corrected chi connectivity index (χ0v) is 16.7. The van der Waals surface area contributed by atoms with E-state index < -0.39 is 0 Å². The van der Waals surface area contributed by atoms with E-state index in [0.29, 0.717) is 18.3 Å². The largest absolute Gasteiger partial charge is 0.489 e. The van der Waals surface area contributed by atoms with Crippen LogP contribution >= 0.6 is 0 Å². The zero-order valence-electron chi connectivity index (χ0n) is 16.7. The molecular formula is C23H24N6O. The van der Waals surface area contributed by atoms with Crippen LogP contribution < -0.4 is 15.8 Å². The van der Waals surface area contributed by atoms with Gasteiger partial charge in [-0.05, 0) is 43.6 Å². The Labute approximate surface area is 174 Å². The van der Waals surface area contributed by atoms with E-state index in [1.807, 2.05) is 47.0 Å². The van der Waals surface area contributed by atoms with E-state index in [-0.39, 0.29) is 0 Å². The average Bonchev–Trinajstić information content (AvgIpc) is 3.20. The van der Waals surface area contributed by atoms with E-state index in [0.717, 1.165) is 59.8 Å². The molecule has 1 fully saturated rings. The number of fused-ring (bicyclic) bond motifs is 1. The minimum absolute atomic E-state index is 0.347. The molecule has 0 atom stereocenters. The van der Waals surface area contributed by atoms with E-state index in [4.69, 9.17) is 15.5 Å². The molecule has 0 bridgehead atoms. The maximum atomic E-state index is 6.25. The first-order chi connectivity index (χ1) is 14.8. The lowest BCUT2D eigenvalue weighted by molar-refractivity contribution is 0.306.